The van der Waals surface area contributed by atoms with Crippen molar-refractivity contribution in [3.63, 3.8) is 0 Å². The third-order valence-corrected chi connectivity index (χ3v) is 5.77. The molecule has 9 heteroatoms. The molecule has 28 heavy (non-hydrogen) atoms. The number of carbonyl (C=O) groups excluding carboxylic acids is 2. The molecule has 0 spiro atoms. The molecule has 150 valence electrons. The molecule has 0 unspecified atom stereocenters. The summed E-state index contributed by atoms with van der Waals surface area (Å²) in [6.07, 6.45) is 0. The van der Waals surface area contributed by atoms with Crippen LogP contribution in [-0.2, 0) is 9.53 Å². The lowest BCUT2D eigenvalue weighted by Gasteiger charge is -2.30. The Morgan fingerprint density at radius 1 is 1.29 bits per heavy atom. The summed E-state index contributed by atoms with van der Waals surface area (Å²) in [5.74, 6) is -0.409. The van der Waals surface area contributed by atoms with Crippen LogP contribution in [0, 0.1) is 6.92 Å². The minimum absolute atomic E-state index is 0.0160. The van der Waals surface area contributed by atoms with Gasteiger partial charge in [-0.05, 0) is 31.2 Å². The number of aromatic nitrogens is 1. The van der Waals surface area contributed by atoms with Crippen molar-refractivity contribution in [1.82, 2.24) is 14.8 Å². The fourth-order valence-electron chi connectivity index (χ4n) is 2.86. The second-order valence-corrected chi connectivity index (χ2v) is 8.30. The normalized spacial score (nSPS) is 14.6. The van der Waals surface area contributed by atoms with E-state index in [-0.39, 0.29) is 18.4 Å². The summed E-state index contributed by atoms with van der Waals surface area (Å²) in [6.45, 7) is 6.11. The lowest BCUT2D eigenvalue weighted by molar-refractivity contribution is -0.117. The highest BCUT2D eigenvalue weighted by Crippen LogP contribution is 2.15. The van der Waals surface area contributed by atoms with E-state index in [9.17, 15) is 9.59 Å². The van der Waals surface area contributed by atoms with Crippen LogP contribution in [0.25, 0.3) is 0 Å². The van der Waals surface area contributed by atoms with Crippen LogP contribution in [0.3, 0.4) is 0 Å². The Hall–Kier alpha value is -1.81. The quantitative estimate of drug-likeness (QED) is 0.678. The molecule has 1 N–H and O–H groups in total. The predicted octanol–water partition coefficient (Wildman–Crippen LogP) is 2.63. The average molecular weight is 467 g/mol. The summed E-state index contributed by atoms with van der Waals surface area (Å²) >= 11 is 4.75. The van der Waals surface area contributed by atoms with Crippen LogP contribution < -0.4 is 5.32 Å². The number of carbonyl (C=O) groups is 2. The fraction of sp³-hybridized carbons (Fsp3) is 0.421. The van der Waals surface area contributed by atoms with E-state index >= 15 is 0 Å². The SMILES string of the molecule is Cc1csc(NC(=O)CN(CCN2CCOCC2)C(=O)c2ccc(Br)cc2)n1. The Morgan fingerprint density at radius 2 is 2.00 bits per heavy atom. The van der Waals surface area contributed by atoms with Gasteiger partial charge in [0.15, 0.2) is 5.13 Å². The molecule has 1 fully saturated rings. The molecule has 0 atom stereocenters. The van der Waals surface area contributed by atoms with Crippen LogP contribution in [0.1, 0.15) is 16.1 Å². The van der Waals surface area contributed by atoms with Gasteiger partial charge in [0, 0.05) is 41.6 Å². The Balaban J connectivity index is 1.66. The zero-order valence-electron chi connectivity index (χ0n) is 15.7. The zero-order valence-corrected chi connectivity index (χ0v) is 18.1. The van der Waals surface area contributed by atoms with Crippen molar-refractivity contribution < 1.29 is 14.3 Å². The van der Waals surface area contributed by atoms with E-state index in [1.54, 1.807) is 17.0 Å². The number of thiazole rings is 1. The maximum Gasteiger partial charge on any atom is 0.254 e. The highest BCUT2D eigenvalue weighted by atomic mass is 79.9. The first-order valence-electron chi connectivity index (χ1n) is 9.08. The summed E-state index contributed by atoms with van der Waals surface area (Å²) in [6, 6.07) is 7.17. The van der Waals surface area contributed by atoms with E-state index in [1.807, 2.05) is 24.4 Å². The number of nitrogens with one attached hydrogen (secondary N) is 1. The molecule has 0 radical (unpaired) electrons. The molecule has 1 aromatic heterocycles. The average Bonchev–Trinajstić information content (AvgIpc) is 3.10. The largest absolute Gasteiger partial charge is 0.379 e. The zero-order chi connectivity index (χ0) is 19.9. The van der Waals surface area contributed by atoms with Gasteiger partial charge in [-0.15, -0.1) is 11.3 Å². The van der Waals surface area contributed by atoms with Crippen molar-refractivity contribution in [2.24, 2.45) is 0 Å². The minimum Gasteiger partial charge on any atom is -0.379 e. The number of hydrogen-bond donors (Lipinski definition) is 1. The number of aryl methyl sites for hydroxylation is 1. The van der Waals surface area contributed by atoms with Crippen molar-refractivity contribution in [2.75, 3.05) is 51.3 Å². The van der Waals surface area contributed by atoms with Crippen LogP contribution in [0.5, 0.6) is 0 Å². The molecular formula is C19H23BrN4O3S. The highest BCUT2D eigenvalue weighted by molar-refractivity contribution is 9.10. The van der Waals surface area contributed by atoms with E-state index in [2.05, 4.69) is 31.1 Å². The van der Waals surface area contributed by atoms with Crippen molar-refractivity contribution >= 4 is 44.2 Å². The van der Waals surface area contributed by atoms with E-state index in [1.165, 1.54) is 11.3 Å². The maximum atomic E-state index is 13.0. The Kier molecular flexibility index (Phi) is 7.55. The monoisotopic (exact) mass is 466 g/mol. The van der Waals surface area contributed by atoms with Crippen molar-refractivity contribution in [1.29, 1.82) is 0 Å². The van der Waals surface area contributed by atoms with Crippen molar-refractivity contribution in [3.05, 3.63) is 45.4 Å². The number of ether oxygens (including phenoxy) is 1. The number of nitrogens with zero attached hydrogens (tertiary/aromatic N) is 3. The van der Waals surface area contributed by atoms with Gasteiger partial charge in [-0.2, -0.15) is 0 Å². The van der Waals surface area contributed by atoms with Gasteiger partial charge in [-0.1, -0.05) is 15.9 Å². The number of amides is 2. The summed E-state index contributed by atoms with van der Waals surface area (Å²) in [5.41, 5.74) is 1.42. The lowest BCUT2D eigenvalue weighted by atomic mass is 10.2. The first kappa shape index (κ1) is 20.9. The van der Waals surface area contributed by atoms with Gasteiger partial charge < -0.3 is 15.0 Å². The molecule has 1 aliphatic rings. The minimum atomic E-state index is -0.248. The van der Waals surface area contributed by atoms with Gasteiger partial charge in [-0.3, -0.25) is 14.5 Å². The first-order valence-corrected chi connectivity index (χ1v) is 10.8. The standard InChI is InChI=1S/C19H23BrN4O3S/c1-14-13-28-19(21-14)22-17(25)12-24(7-6-23-8-10-27-11-9-23)18(26)15-2-4-16(20)5-3-15/h2-5,13H,6-12H2,1H3,(H,21,22,25). The maximum absolute atomic E-state index is 13.0. The van der Waals surface area contributed by atoms with Crippen LogP contribution in [0.15, 0.2) is 34.1 Å². The number of anilines is 1. The van der Waals surface area contributed by atoms with Gasteiger partial charge in [0.05, 0.1) is 18.9 Å². The molecule has 2 heterocycles. The molecule has 3 rings (SSSR count). The fourth-order valence-corrected chi connectivity index (χ4v) is 3.83. The van der Waals surface area contributed by atoms with Gasteiger partial charge >= 0.3 is 0 Å². The van der Waals surface area contributed by atoms with Crippen LogP contribution >= 0.6 is 27.3 Å². The van der Waals surface area contributed by atoms with Gasteiger partial charge in [0.2, 0.25) is 5.91 Å². The number of morpholine rings is 1. The van der Waals surface area contributed by atoms with Crippen LogP contribution in [-0.4, -0.2) is 72.5 Å². The Morgan fingerprint density at radius 3 is 2.64 bits per heavy atom. The van der Waals surface area contributed by atoms with Crippen molar-refractivity contribution in [3.8, 4) is 0 Å². The first-order chi connectivity index (χ1) is 13.5. The number of hydrogen-bond acceptors (Lipinski definition) is 6. The Bertz CT molecular complexity index is 806. The van der Waals surface area contributed by atoms with E-state index in [0.717, 1.165) is 23.3 Å². The third-order valence-electron chi connectivity index (χ3n) is 4.37. The summed E-state index contributed by atoms with van der Waals surface area (Å²) < 4.78 is 6.27. The smallest absolute Gasteiger partial charge is 0.254 e. The molecule has 0 saturated carbocycles. The van der Waals surface area contributed by atoms with Crippen LogP contribution in [0.4, 0.5) is 5.13 Å². The summed E-state index contributed by atoms with van der Waals surface area (Å²) in [7, 11) is 0. The Labute approximate surface area is 176 Å². The molecule has 2 aromatic rings. The lowest BCUT2D eigenvalue weighted by Crippen LogP contribution is -2.45. The van der Waals surface area contributed by atoms with Gasteiger partial charge in [0.1, 0.15) is 6.54 Å². The molecule has 2 amide bonds. The van der Waals surface area contributed by atoms with E-state index < -0.39 is 0 Å². The topological polar surface area (TPSA) is 74.8 Å². The summed E-state index contributed by atoms with van der Waals surface area (Å²) in [4.78, 5) is 33.6. The second-order valence-electron chi connectivity index (χ2n) is 6.53. The number of rotatable bonds is 7. The number of benzene rings is 1. The van der Waals surface area contributed by atoms with E-state index in [0.29, 0.717) is 37.0 Å². The third kappa shape index (κ3) is 6.10. The van der Waals surface area contributed by atoms with Gasteiger partial charge in [-0.25, -0.2) is 4.98 Å². The molecule has 1 saturated heterocycles. The second kappa shape index (κ2) is 10.1. The molecule has 1 aliphatic heterocycles. The van der Waals surface area contributed by atoms with Gasteiger partial charge in [0.25, 0.3) is 5.91 Å². The molecular weight excluding hydrogens is 444 g/mol. The molecule has 1 aromatic carbocycles. The number of halogens is 1. The molecule has 0 bridgehead atoms. The van der Waals surface area contributed by atoms with Crippen LogP contribution in [0.2, 0.25) is 0 Å². The highest BCUT2D eigenvalue weighted by Gasteiger charge is 2.21. The predicted molar refractivity (Wildman–Crippen MR) is 113 cm³/mol. The summed E-state index contributed by atoms with van der Waals surface area (Å²) in [5, 5.41) is 5.20. The molecule has 7 nitrogen and oxygen atoms in total. The molecule has 0 aliphatic carbocycles. The van der Waals surface area contributed by atoms with Crippen molar-refractivity contribution in [2.45, 2.75) is 6.92 Å². The van der Waals surface area contributed by atoms with E-state index in [4.69, 9.17) is 4.74 Å².